The third-order valence-electron chi connectivity index (χ3n) is 1.96. The van der Waals surface area contributed by atoms with Crippen LogP contribution in [0.25, 0.3) is 0 Å². The molecule has 1 saturated heterocycles. The van der Waals surface area contributed by atoms with E-state index in [0.29, 0.717) is 0 Å². The average molecular weight is 205 g/mol. The smallest absolute Gasteiger partial charge is 0.00731 e. The molecule has 1 fully saturated rings. The molecule has 0 aromatic rings. The Labute approximate surface area is 84.7 Å². The quantitative estimate of drug-likeness (QED) is 0.692. The van der Waals surface area contributed by atoms with E-state index in [0.717, 1.165) is 5.25 Å². The van der Waals surface area contributed by atoms with E-state index < -0.39 is 0 Å². The standard InChI is InChI=1S/C9H19NS2/c1-9(2)12-8-5-10-3-6-11-7-4-10/h9H,3-8H2,1-2H3. The maximum Gasteiger partial charge on any atom is 0.00731 e. The highest BCUT2D eigenvalue weighted by molar-refractivity contribution is 7.99. The monoisotopic (exact) mass is 205 g/mol. The topological polar surface area (TPSA) is 3.24 Å². The summed E-state index contributed by atoms with van der Waals surface area (Å²) in [6, 6.07) is 0. The Kier molecular flexibility index (Phi) is 5.52. The van der Waals surface area contributed by atoms with Gasteiger partial charge in [0.15, 0.2) is 0 Å². The van der Waals surface area contributed by atoms with Gasteiger partial charge in [-0.2, -0.15) is 23.5 Å². The molecular weight excluding hydrogens is 186 g/mol. The predicted molar refractivity (Wildman–Crippen MR) is 61.4 cm³/mol. The lowest BCUT2D eigenvalue weighted by Crippen LogP contribution is -2.34. The molecule has 0 amide bonds. The van der Waals surface area contributed by atoms with Gasteiger partial charge >= 0.3 is 0 Å². The summed E-state index contributed by atoms with van der Waals surface area (Å²) >= 11 is 4.17. The van der Waals surface area contributed by atoms with E-state index in [1.54, 1.807) is 0 Å². The molecule has 0 aromatic carbocycles. The Hall–Kier alpha value is 0.660. The number of nitrogens with zero attached hydrogens (tertiary/aromatic N) is 1. The Morgan fingerprint density at radius 1 is 1.33 bits per heavy atom. The van der Waals surface area contributed by atoms with E-state index in [4.69, 9.17) is 0 Å². The predicted octanol–water partition coefficient (Wildman–Crippen LogP) is 2.18. The van der Waals surface area contributed by atoms with Gasteiger partial charge in [-0.05, 0) is 5.25 Å². The Balaban J connectivity index is 1.98. The second-order valence-corrected chi connectivity index (χ2v) is 6.28. The van der Waals surface area contributed by atoms with Gasteiger partial charge in [-0.1, -0.05) is 13.8 Å². The molecule has 1 aliphatic rings. The van der Waals surface area contributed by atoms with Gasteiger partial charge < -0.3 is 4.90 Å². The minimum absolute atomic E-state index is 0.796. The van der Waals surface area contributed by atoms with Gasteiger partial charge in [0.25, 0.3) is 0 Å². The van der Waals surface area contributed by atoms with Crippen LogP contribution in [-0.2, 0) is 0 Å². The molecular formula is C9H19NS2. The van der Waals surface area contributed by atoms with Gasteiger partial charge in [0.1, 0.15) is 0 Å². The molecule has 1 heterocycles. The fourth-order valence-electron chi connectivity index (χ4n) is 1.24. The lowest BCUT2D eigenvalue weighted by Gasteiger charge is -2.26. The van der Waals surface area contributed by atoms with Crippen molar-refractivity contribution in [3.8, 4) is 0 Å². The van der Waals surface area contributed by atoms with E-state index in [2.05, 4.69) is 42.3 Å². The highest BCUT2D eigenvalue weighted by Gasteiger charge is 2.09. The summed E-state index contributed by atoms with van der Waals surface area (Å²) in [5.41, 5.74) is 0. The van der Waals surface area contributed by atoms with Crippen LogP contribution in [0.3, 0.4) is 0 Å². The molecule has 0 atom stereocenters. The van der Waals surface area contributed by atoms with E-state index in [1.165, 1.54) is 36.9 Å². The zero-order chi connectivity index (χ0) is 8.81. The van der Waals surface area contributed by atoms with Gasteiger partial charge in [-0.3, -0.25) is 0 Å². The maximum absolute atomic E-state index is 2.59. The molecule has 0 saturated carbocycles. The molecule has 1 aliphatic heterocycles. The third kappa shape index (κ3) is 4.63. The molecule has 0 N–H and O–H groups in total. The first kappa shape index (κ1) is 10.7. The maximum atomic E-state index is 2.59. The van der Waals surface area contributed by atoms with E-state index in [9.17, 15) is 0 Å². The highest BCUT2D eigenvalue weighted by atomic mass is 32.2. The van der Waals surface area contributed by atoms with Crippen LogP contribution in [0.15, 0.2) is 0 Å². The average Bonchev–Trinajstić information content (AvgIpc) is 2.05. The largest absolute Gasteiger partial charge is 0.301 e. The van der Waals surface area contributed by atoms with Gasteiger partial charge in [0.05, 0.1) is 0 Å². The van der Waals surface area contributed by atoms with Crippen LogP contribution >= 0.6 is 23.5 Å². The number of hydrogen-bond acceptors (Lipinski definition) is 3. The fraction of sp³-hybridized carbons (Fsp3) is 1.00. The van der Waals surface area contributed by atoms with E-state index in [-0.39, 0.29) is 0 Å². The van der Waals surface area contributed by atoms with Crippen LogP contribution in [0.5, 0.6) is 0 Å². The van der Waals surface area contributed by atoms with Crippen molar-refractivity contribution in [1.82, 2.24) is 4.90 Å². The lowest BCUT2D eigenvalue weighted by molar-refractivity contribution is 0.322. The highest BCUT2D eigenvalue weighted by Crippen LogP contribution is 2.12. The molecule has 0 spiro atoms. The number of rotatable bonds is 4. The van der Waals surface area contributed by atoms with Gasteiger partial charge in [0, 0.05) is 36.9 Å². The number of hydrogen-bond donors (Lipinski definition) is 0. The minimum atomic E-state index is 0.796. The summed E-state index contributed by atoms with van der Waals surface area (Å²) < 4.78 is 0. The molecule has 72 valence electrons. The molecule has 0 aliphatic carbocycles. The van der Waals surface area contributed by atoms with Gasteiger partial charge in [-0.15, -0.1) is 0 Å². The van der Waals surface area contributed by atoms with Crippen molar-refractivity contribution in [2.24, 2.45) is 0 Å². The van der Waals surface area contributed by atoms with Gasteiger partial charge in [0.2, 0.25) is 0 Å². The van der Waals surface area contributed by atoms with Crippen molar-refractivity contribution >= 4 is 23.5 Å². The van der Waals surface area contributed by atoms with Crippen molar-refractivity contribution in [3.63, 3.8) is 0 Å². The summed E-state index contributed by atoms with van der Waals surface area (Å²) in [6.07, 6.45) is 0. The van der Waals surface area contributed by atoms with Crippen LogP contribution in [0, 0.1) is 0 Å². The molecule has 1 rings (SSSR count). The van der Waals surface area contributed by atoms with Crippen molar-refractivity contribution in [2.45, 2.75) is 19.1 Å². The zero-order valence-corrected chi connectivity index (χ0v) is 9.72. The van der Waals surface area contributed by atoms with Crippen molar-refractivity contribution in [3.05, 3.63) is 0 Å². The molecule has 0 radical (unpaired) electrons. The van der Waals surface area contributed by atoms with Crippen LogP contribution in [0.2, 0.25) is 0 Å². The molecule has 1 nitrogen and oxygen atoms in total. The Morgan fingerprint density at radius 3 is 2.58 bits per heavy atom. The summed E-state index contributed by atoms with van der Waals surface area (Å²) in [6.45, 7) is 8.46. The molecule has 0 aromatic heterocycles. The number of thioether (sulfide) groups is 2. The first-order chi connectivity index (χ1) is 5.79. The molecule has 12 heavy (non-hydrogen) atoms. The second kappa shape index (κ2) is 6.17. The zero-order valence-electron chi connectivity index (χ0n) is 8.08. The first-order valence-electron chi connectivity index (χ1n) is 4.71. The van der Waals surface area contributed by atoms with E-state index in [1.807, 2.05) is 0 Å². The van der Waals surface area contributed by atoms with Crippen molar-refractivity contribution in [2.75, 3.05) is 36.9 Å². The Bertz CT molecular complexity index is 111. The van der Waals surface area contributed by atoms with Crippen LogP contribution in [0.1, 0.15) is 13.8 Å². The summed E-state index contributed by atoms with van der Waals surface area (Å²) in [4.78, 5) is 2.59. The normalized spacial score (nSPS) is 20.2. The second-order valence-electron chi connectivity index (χ2n) is 3.37. The summed E-state index contributed by atoms with van der Waals surface area (Å²) in [5, 5.41) is 0.796. The van der Waals surface area contributed by atoms with E-state index >= 15 is 0 Å². The first-order valence-corrected chi connectivity index (χ1v) is 6.91. The van der Waals surface area contributed by atoms with Crippen LogP contribution < -0.4 is 0 Å². The SMILES string of the molecule is CC(C)SCCN1CCSCC1. The van der Waals surface area contributed by atoms with Gasteiger partial charge in [-0.25, -0.2) is 0 Å². The molecule has 0 bridgehead atoms. The summed E-state index contributed by atoms with van der Waals surface area (Å²) in [5.74, 6) is 3.99. The Morgan fingerprint density at radius 2 is 2.00 bits per heavy atom. The lowest BCUT2D eigenvalue weighted by atomic mass is 10.5. The molecule has 0 unspecified atom stereocenters. The van der Waals surface area contributed by atoms with Crippen LogP contribution in [0.4, 0.5) is 0 Å². The van der Waals surface area contributed by atoms with Crippen LogP contribution in [-0.4, -0.2) is 47.0 Å². The minimum Gasteiger partial charge on any atom is -0.301 e. The van der Waals surface area contributed by atoms with Crippen molar-refractivity contribution in [1.29, 1.82) is 0 Å². The summed E-state index contributed by atoms with van der Waals surface area (Å²) in [7, 11) is 0. The van der Waals surface area contributed by atoms with Crippen molar-refractivity contribution < 1.29 is 0 Å². The fourth-order valence-corrected chi connectivity index (χ4v) is 3.06. The third-order valence-corrected chi connectivity index (χ3v) is 3.99. The molecule has 3 heteroatoms.